The van der Waals surface area contributed by atoms with Crippen molar-refractivity contribution in [1.29, 1.82) is 5.41 Å². The number of hydrogen-bond acceptors (Lipinski definition) is 6. The molecule has 0 atom stereocenters. The number of thiazole rings is 1. The summed E-state index contributed by atoms with van der Waals surface area (Å²) in [4.78, 5) is 15.1. The van der Waals surface area contributed by atoms with Crippen LogP contribution < -0.4 is 5.55 Å². The van der Waals surface area contributed by atoms with E-state index in [0.29, 0.717) is 16.0 Å². The van der Waals surface area contributed by atoms with Crippen molar-refractivity contribution in [3.8, 4) is 10.6 Å². The van der Waals surface area contributed by atoms with Crippen LogP contribution in [0.25, 0.3) is 31.8 Å². The zero-order valence-electron chi connectivity index (χ0n) is 11.9. The Morgan fingerprint density at radius 3 is 2.79 bits per heavy atom. The number of nitro benzene ring substituents is 1. The molecule has 0 unspecified atom stereocenters. The van der Waals surface area contributed by atoms with Gasteiger partial charge in [-0.2, -0.15) is 0 Å². The Hall–Kier alpha value is -2.77. The van der Waals surface area contributed by atoms with Gasteiger partial charge < -0.3 is 4.42 Å². The van der Waals surface area contributed by atoms with Crippen molar-refractivity contribution in [1.82, 2.24) is 4.98 Å². The second kappa shape index (κ2) is 5.40. The monoisotopic (exact) mass is 357 g/mol. The van der Waals surface area contributed by atoms with Crippen LogP contribution in [0.3, 0.4) is 0 Å². The molecular weight excluding hydrogens is 350 g/mol. The first-order chi connectivity index (χ1) is 11.5. The Bertz CT molecular complexity index is 1150. The molecule has 2 aromatic carbocycles. The van der Waals surface area contributed by atoms with Crippen molar-refractivity contribution in [2.75, 3.05) is 0 Å². The fraction of sp³-hybridized carbons (Fsp3) is 0. The van der Waals surface area contributed by atoms with E-state index in [2.05, 4.69) is 4.98 Å². The topological polar surface area (TPSA) is 93.0 Å². The van der Waals surface area contributed by atoms with Gasteiger partial charge in [0.2, 0.25) is 11.1 Å². The summed E-state index contributed by atoms with van der Waals surface area (Å²) in [5, 5.41) is 20.6. The van der Waals surface area contributed by atoms with Crippen LogP contribution in [0.2, 0.25) is 5.02 Å². The van der Waals surface area contributed by atoms with E-state index in [-0.39, 0.29) is 21.8 Å². The van der Waals surface area contributed by atoms with E-state index in [1.807, 2.05) is 24.3 Å². The average Bonchev–Trinajstić information content (AvgIpc) is 2.97. The van der Waals surface area contributed by atoms with E-state index in [1.165, 1.54) is 17.4 Å². The molecule has 24 heavy (non-hydrogen) atoms. The molecule has 6 nitrogen and oxygen atoms in total. The summed E-state index contributed by atoms with van der Waals surface area (Å²) in [6.07, 6.45) is 0. The number of para-hydroxylation sites is 1. The molecule has 2 aromatic heterocycles. The van der Waals surface area contributed by atoms with Gasteiger partial charge in [0.1, 0.15) is 5.01 Å². The van der Waals surface area contributed by atoms with Crippen LogP contribution in [-0.2, 0) is 0 Å². The second-order valence-corrected chi connectivity index (χ2v) is 6.54. The molecule has 4 aromatic rings. The lowest BCUT2D eigenvalue weighted by molar-refractivity contribution is -0.383. The first-order valence-electron chi connectivity index (χ1n) is 6.85. The normalized spacial score (nSPS) is 11.2. The van der Waals surface area contributed by atoms with Crippen LogP contribution in [0.5, 0.6) is 0 Å². The van der Waals surface area contributed by atoms with Crippen LogP contribution >= 0.6 is 22.9 Å². The van der Waals surface area contributed by atoms with Gasteiger partial charge in [-0.25, -0.2) is 4.98 Å². The van der Waals surface area contributed by atoms with Gasteiger partial charge in [-0.1, -0.05) is 23.7 Å². The van der Waals surface area contributed by atoms with Crippen molar-refractivity contribution in [3.63, 3.8) is 0 Å². The van der Waals surface area contributed by atoms with E-state index in [4.69, 9.17) is 21.4 Å². The van der Waals surface area contributed by atoms with E-state index in [0.717, 1.165) is 10.2 Å². The van der Waals surface area contributed by atoms with Crippen LogP contribution in [0.1, 0.15) is 0 Å². The number of non-ortho nitro benzene ring substituents is 1. The quantitative estimate of drug-likeness (QED) is 0.413. The van der Waals surface area contributed by atoms with Crippen LogP contribution in [0, 0.1) is 15.5 Å². The molecule has 0 fully saturated rings. The Labute approximate surface area is 143 Å². The van der Waals surface area contributed by atoms with Crippen LogP contribution in [0.15, 0.2) is 46.9 Å². The number of rotatable bonds is 2. The molecule has 0 saturated heterocycles. The predicted octanol–water partition coefficient (Wildman–Crippen LogP) is 4.75. The zero-order valence-corrected chi connectivity index (χ0v) is 13.5. The molecule has 0 bridgehead atoms. The highest BCUT2D eigenvalue weighted by Gasteiger charge is 2.19. The number of halogens is 1. The van der Waals surface area contributed by atoms with Crippen LogP contribution in [-0.4, -0.2) is 9.91 Å². The molecule has 0 aliphatic rings. The molecule has 118 valence electrons. The minimum Gasteiger partial charge on any atom is -0.431 e. The van der Waals surface area contributed by atoms with E-state index < -0.39 is 4.92 Å². The van der Waals surface area contributed by atoms with Gasteiger partial charge in [-0.05, 0) is 24.3 Å². The molecule has 2 heterocycles. The SMILES string of the molecule is N=c1oc2c([N+](=O)[O-])cc(Cl)cc2cc1-c1nc2ccccc2s1. The highest BCUT2D eigenvalue weighted by Crippen LogP contribution is 2.33. The van der Waals surface area contributed by atoms with Gasteiger partial charge in [0.05, 0.1) is 20.7 Å². The Balaban J connectivity index is 2.01. The number of fused-ring (bicyclic) bond motifs is 2. The largest absolute Gasteiger partial charge is 0.431 e. The minimum atomic E-state index is -0.575. The fourth-order valence-electron chi connectivity index (χ4n) is 2.48. The molecule has 8 heteroatoms. The van der Waals surface area contributed by atoms with Crippen LogP contribution in [0.4, 0.5) is 5.69 Å². The molecular formula is C16H8ClN3O3S. The molecule has 0 radical (unpaired) electrons. The Morgan fingerprint density at radius 2 is 2.04 bits per heavy atom. The summed E-state index contributed by atoms with van der Waals surface area (Å²) in [6.45, 7) is 0. The van der Waals surface area contributed by atoms with Gasteiger partial charge in [0, 0.05) is 16.5 Å². The average molecular weight is 358 g/mol. The van der Waals surface area contributed by atoms with Gasteiger partial charge in [0.15, 0.2) is 0 Å². The maximum absolute atomic E-state index is 11.2. The summed E-state index contributed by atoms with van der Waals surface area (Å²) in [5.41, 5.74) is 0.891. The van der Waals surface area contributed by atoms with E-state index in [9.17, 15) is 10.1 Å². The maximum atomic E-state index is 11.2. The standard InChI is InChI=1S/C16H8ClN3O3S/c17-9-5-8-6-10(15(18)23-14(8)12(7-9)20(21)22)16-19-11-3-1-2-4-13(11)24-16/h1-7,18H. The van der Waals surface area contributed by atoms with Gasteiger partial charge >= 0.3 is 5.69 Å². The summed E-state index contributed by atoms with van der Waals surface area (Å²) in [7, 11) is 0. The van der Waals surface area contributed by atoms with Gasteiger partial charge in [-0.15, -0.1) is 11.3 Å². The Kier molecular flexibility index (Phi) is 3.33. The molecule has 0 aliphatic carbocycles. The van der Waals surface area contributed by atoms with Crippen molar-refractivity contribution in [3.05, 3.63) is 63.2 Å². The van der Waals surface area contributed by atoms with Crippen molar-refractivity contribution in [2.24, 2.45) is 0 Å². The molecule has 4 rings (SSSR count). The zero-order chi connectivity index (χ0) is 16.8. The molecule has 0 saturated carbocycles. The fourth-order valence-corrected chi connectivity index (χ4v) is 3.68. The highest BCUT2D eigenvalue weighted by atomic mass is 35.5. The Morgan fingerprint density at radius 1 is 1.25 bits per heavy atom. The van der Waals surface area contributed by atoms with Gasteiger partial charge in [0.25, 0.3) is 0 Å². The number of aromatic nitrogens is 1. The van der Waals surface area contributed by atoms with Crippen molar-refractivity contribution < 1.29 is 9.34 Å². The molecule has 0 aliphatic heterocycles. The summed E-state index contributed by atoms with van der Waals surface area (Å²) < 4.78 is 6.41. The van der Waals surface area contributed by atoms with E-state index in [1.54, 1.807) is 12.1 Å². The number of nitro groups is 1. The second-order valence-electron chi connectivity index (χ2n) is 5.08. The lowest BCUT2D eigenvalue weighted by atomic mass is 10.1. The van der Waals surface area contributed by atoms with Crippen molar-refractivity contribution in [2.45, 2.75) is 0 Å². The molecule has 1 N–H and O–H groups in total. The lowest BCUT2D eigenvalue weighted by Gasteiger charge is -2.02. The summed E-state index contributed by atoms with van der Waals surface area (Å²) in [5.74, 6) is 0. The maximum Gasteiger partial charge on any atom is 0.313 e. The third-order valence-corrected chi connectivity index (χ3v) is 4.82. The minimum absolute atomic E-state index is 0.0271. The smallest absolute Gasteiger partial charge is 0.313 e. The predicted molar refractivity (Wildman–Crippen MR) is 92.3 cm³/mol. The molecule has 0 spiro atoms. The third kappa shape index (κ3) is 2.34. The number of benzene rings is 2. The van der Waals surface area contributed by atoms with Gasteiger partial charge in [-0.3, -0.25) is 15.5 Å². The highest BCUT2D eigenvalue weighted by molar-refractivity contribution is 7.21. The summed E-state index contributed by atoms with van der Waals surface area (Å²) >= 11 is 7.39. The first kappa shape index (κ1) is 14.8. The number of hydrogen-bond donors (Lipinski definition) is 1. The van der Waals surface area contributed by atoms with Crippen molar-refractivity contribution >= 4 is 49.8 Å². The number of nitrogens with one attached hydrogen (secondary N) is 1. The summed E-state index contributed by atoms with van der Waals surface area (Å²) in [6, 6.07) is 12.1. The lowest BCUT2D eigenvalue weighted by Crippen LogP contribution is -2.04. The number of nitrogens with zero attached hydrogens (tertiary/aromatic N) is 2. The molecule has 0 amide bonds. The third-order valence-electron chi connectivity index (χ3n) is 3.53. The first-order valence-corrected chi connectivity index (χ1v) is 8.05. The van der Waals surface area contributed by atoms with E-state index >= 15 is 0 Å².